The molecule has 0 spiro atoms. The van der Waals surface area contributed by atoms with Crippen LogP contribution in [-0.4, -0.2) is 19.1 Å². The third kappa shape index (κ3) is 3.64. The monoisotopic (exact) mass is 348 g/mol. The van der Waals surface area contributed by atoms with E-state index in [0.29, 0.717) is 6.61 Å². The standard InChI is InChI=1S/C22H24N2O2/c1-15-8-7-10-19(23-3)18(15)14-26-21-13-12-20(24-16(21)2)17-9-5-6-11-22(17)25-4/h5-13,23H,14H2,1-4H3. The maximum atomic E-state index is 6.06. The Morgan fingerprint density at radius 1 is 0.923 bits per heavy atom. The largest absolute Gasteiger partial charge is 0.496 e. The van der Waals surface area contributed by atoms with Crippen LogP contribution in [0.1, 0.15) is 16.8 Å². The van der Waals surface area contributed by atoms with E-state index in [4.69, 9.17) is 14.5 Å². The lowest BCUT2D eigenvalue weighted by atomic mass is 10.1. The molecule has 1 N–H and O–H groups in total. The van der Waals surface area contributed by atoms with Crippen LogP contribution in [0.3, 0.4) is 0 Å². The molecule has 4 heteroatoms. The molecule has 0 aliphatic rings. The first-order chi connectivity index (χ1) is 12.6. The van der Waals surface area contributed by atoms with E-state index in [2.05, 4.69) is 24.4 Å². The van der Waals surface area contributed by atoms with Crippen LogP contribution in [-0.2, 0) is 6.61 Å². The van der Waals surface area contributed by atoms with Crippen molar-refractivity contribution in [3.63, 3.8) is 0 Å². The number of hydrogen-bond donors (Lipinski definition) is 1. The maximum absolute atomic E-state index is 6.06. The molecule has 3 aromatic rings. The number of hydrogen-bond acceptors (Lipinski definition) is 4. The van der Waals surface area contributed by atoms with Gasteiger partial charge in [0.05, 0.1) is 18.5 Å². The van der Waals surface area contributed by atoms with Crippen LogP contribution in [0.25, 0.3) is 11.3 Å². The highest BCUT2D eigenvalue weighted by Crippen LogP contribution is 2.30. The summed E-state index contributed by atoms with van der Waals surface area (Å²) >= 11 is 0. The first kappa shape index (κ1) is 17.8. The Morgan fingerprint density at radius 2 is 1.73 bits per heavy atom. The molecule has 3 rings (SSSR count). The van der Waals surface area contributed by atoms with Crippen molar-refractivity contribution in [2.75, 3.05) is 19.5 Å². The van der Waals surface area contributed by atoms with Crippen LogP contribution in [0.5, 0.6) is 11.5 Å². The molecule has 0 atom stereocenters. The summed E-state index contributed by atoms with van der Waals surface area (Å²) in [4.78, 5) is 4.71. The molecule has 134 valence electrons. The Kier molecular flexibility index (Phi) is 5.42. The molecule has 0 fully saturated rings. The second-order valence-electron chi connectivity index (χ2n) is 6.12. The molecule has 0 aliphatic heterocycles. The van der Waals surface area contributed by atoms with Crippen molar-refractivity contribution in [1.29, 1.82) is 0 Å². The predicted molar refractivity (Wildman–Crippen MR) is 106 cm³/mol. The molecule has 1 heterocycles. The van der Waals surface area contributed by atoms with Gasteiger partial charge < -0.3 is 14.8 Å². The lowest BCUT2D eigenvalue weighted by Crippen LogP contribution is -2.04. The Bertz CT molecular complexity index is 906. The molecule has 0 saturated heterocycles. The van der Waals surface area contributed by atoms with Gasteiger partial charge in [0.25, 0.3) is 0 Å². The summed E-state index contributed by atoms with van der Waals surface area (Å²) in [6.45, 7) is 4.56. The number of nitrogens with zero attached hydrogens (tertiary/aromatic N) is 1. The molecular formula is C22H24N2O2. The number of rotatable bonds is 6. The van der Waals surface area contributed by atoms with Gasteiger partial charge in [0.1, 0.15) is 18.1 Å². The molecule has 1 aromatic heterocycles. The van der Waals surface area contributed by atoms with E-state index in [1.165, 1.54) is 5.56 Å². The van der Waals surface area contributed by atoms with Crippen molar-refractivity contribution < 1.29 is 9.47 Å². The van der Waals surface area contributed by atoms with Crippen LogP contribution in [0.4, 0.5) is 5.69 Å². The van der Waals surface area contributed by atoms with E-state index in [-0.39, 0.29) is 0 Å². The quantitative estimate of drug-likeness (QED) is 0.681. The molecule has 0 unspecified atom stereocenters. The lowest BCUT2D eigenvalue weighted by Gasteiger charge is -2.15. The van der Waals surface area contributed by atoms with E-state index in [1.807, 2.05) is 56.4 Å². The van der Waals surface area contributed by atoms with E-state index < -0.39 is 0 Å². The van der Waals surface area contributed by atoms with Crippen molar-refractivity contribution in [2.24, 2.45) is 0 Å². The fourth-order valence-electron chi connectivity index (χ4n) is 2.99. The molecular weight excluding hydrogens is 324 g/mol. The highest BCUT2D eigenvalue weighted by atomic mass is 16.5. The number of para-hydroxylation sites is 1. The smallest absolute Gasteiger partial charge is 0.141 e. The fraction of sp³-hybridized carbons (Fsp3) is 0.227. The summed E-state index contributed by atoms with van der Waals surface area (Å²) in [5.74, 6) is 1.60. The van der Waals surface area contributed by atoms with Crippen LogP contribution in [0.2, 0.25) is 0 Å². The Hall–Kier alpha value is -3.01. The van der Waals surface area contributed by atoms with Crippen LogP contribution in [0, 0.1) is 13.8 Å². The number of benzene rings is 2. The van der Waals surface area contributed by atoms with Gasteiger partial charge in [-0.3, -0.25) is 0 Å². The molecule has 4 nitrogen and oxygen atoms in total. The number of nitrogens with one attached hydrogen (secondary N) is 1. The van der Waals surface area contributed by atoms with Gasteiger partial charge in [-0.2, -0.15) is 0 Å². The van der Waals surface area contributed by atoms with Crippen molar-refractivity contribution in [3.05, 3.63) is 71.4 Å². The predicted octanol–water partition coefficient (Wildman–Crippen LogP) is 4.99. The second-order valence-corrected chi connectivity index (χ2v) is 6.12. The van der Waals surface area contributed by atoms with E-state index in [9.17, 15) is 0 Å². The van der Waals surface area contributed by atoms with E-state index in [1.54, 1.807) is 7.11 Å². The maximum Gasteiger partial charge on any atom is 0.141 e. The summed E-state index contributed by atoms with van der Waals surface area (Å²) < 4.78 is 11.5. The first-order valence-electron chi connectivity index (χ1n) is 8.64. The number of anilines is 1. The summed E-state index contributed by atoms with van der Waals surface area (Å²) in [6, 6.07) is 18.0. The van der Waals surface area contributed by atoms with Crippen LogP contribution < -0.4 is 14.8 Å². The third-order valence-corrected chi connectivity index (χ3v) is 4.47. The van der Waals surface area contributed by atoms with Gasteiger partial charge >= 0.3 is 0 Å². The number of ether oxygens (including phenoxy) is 2. The van der Waals surface area contributed by atoms with Crippen molar-refractivity contribution in [1.82, 2.24) is 4.98 Å². The van der Waals surface area contributed by atoms with Crippen LogP contribution >= 0.6 is 0 Å². The van der Waals surface area contributed by atoms with Gasteiger partial charge in [0, 0.05) is 23.9 Å². The molecule has 0 bridgehead atoms. The Balaban J connectivity index is 1.83. The minimum absolute atomic E-state index is 0.499. The van der Waals surface area contributed by atoms with E-state index in [0.717, 1.165) is 39.7 Å². The number of aromatic nitrogens is 1. The number of methoxy groups -OCH3 is 1. The minimum atomic E-state index is 0.499. The molecule has 2 aromatic carbocycles. The average Bonchev–Trinajstić information content (AvgIpc) is 2.67. The molecule has 0 radical (unpaired) electrons. The van der Waals surface area contributed by atoms with Crippen molar-refractivity contribution in [3.8, 4) is 22.8 Å². The Morgan fingerprint density at radius 3 is 2.46 bits per heavy atom. The van der Waals surface area contributed by atoms with Gasteiger partial charge in [-0.05, 0) is 49.7 Å². The van der Waals surface area contributed by atoms with Crippen molar-refractivity contribution >= 4 is 5.69 Å². The Labute approximate surface area is 154 Å². The molecule has 0 saturated carbocycles. The van der Waals surface area contributed by atoms with Crippen molar-refractivity contribution in [2.45, 2.75) is 20.5 Å². The zero-order valence-electron chi connectivity index (χ0n) is 15.7. The highest BCUT2D eigenvalue weighted by Gasteiger charge is 2.11. The minimum Gasteiger partial charge on any atom is -0.496 e. The number of aryl methyl sites for hydroxylation is 2. The normalized spacial score (nSPS) is 10.5. The highest BCUT2D eigenvalue weighted by molar-refractivity contribution is 5.67. The second kappa shape index (κ2) is 7.91. The fourth-order valence-corrected chi connectivity index (χ4v) is 2.99. The summed E-state index contributed by atoms with van der Waals surface area (Å²) in [6.07, 6.45) is 0. The van der Waals surface area contributed by atoms with Crippen LogP contribution in [0.15, 0.2) is 54.6 Å². The lowest BCUT2D eigenvalue weighted by molar-refractivity contribution is 0.302. The van der Waals surface area contributed by atoms with E-state index >= 15 is 0 Å². The first-order valence-corrected chi connectivity index (χ1v) is 8.64. The van der Waals surface area contributed by atoms with Gasteiger partial charge in [0.2, 0.25) is 0 Å². The summed E-state index contributed by atoms with van der Waals surface area (Å²) in [5.41, 5.74) is 6.14. The zero-order chi connectivity index (χ0) is 18.5. The van der Waals surface area contributed by atoms with Gasteiger partial charge in [-0.15, -0.1) is 0 Å². The molecule has 0 amide bonds. The summed E-state index contributed by atoms with van der Waals surface area (Å²) in [5, 5.41) is 3.22. The molecule has 0 aliphatic carbocycles. The molecule has 26 heavy (non-hydrogen) atoms. The zero-order valence-corrected chi connectivity index (χ0v) is 15.7. The third-order valence-electron chi connectivity index (χ3n) is 4.47. The van der Waals surface area contributed by atoms with Gasteiger partial charge in [-0.1, -0.05) is 24.3 Å². The SMILES string of the molecule is CNc1cccc(C)c1COc1ccc(-c2ccccc2OC)nc1C. The topological polar surface area (TPSA) is 43.4 Å². The van der Waals surface area contributed by atoms with Gasteiger partial charge in [-0.25, -0.2) is 4.98 Å². The van der Waals surface area contributed by atoms with Gasteiger partial charge in [0.15, 0.2) is 0 Å². The summed E-state index contributed by atoms with van der Waals surface area (Å²) in [7, 11) is 3.60. The average molecular weight is 348 g/mol. The number of pyridine rings is 1.